The van der Waals surface area contributed by atoms with Gasteiger partial charge in [-0.05, 0) is 19.3 Å². The van der Waals surface area contributed by atoms with Gasteiger partial charge in [-0.25, -0.2) is 0 Å². The molecule has 1 saturated heterocycles. The van der Waals surface area contributed by atoms with Crippen molar-refractivity contribution < 1.29 is 9.53 Å². The highest BCUT2D eigenvalue weighted by Crippen LogP contribution is 2.19. The quantitative estimate of drug-likeness (QED) is 0.414. The van der Waals surface area contributed by atoms with Crippen molar-refractivity contribution >= 4 is 28.6 Å². The Morgan fingerprint density at radius 2 is 2.36 bits per heavy atom. The molecule has 3 heteroatoms. The third-order valence-corrected chi connectivity index (χ3v) is 3.00. The van der Waals surface area contributed by atoms with Crippen LogP contribution in [-0.2, 0) is 9.53 Å². The topological polar surface area (TPSA) is 26.3 Å². The van der Waals surface area contributed by atoms with E-state index in [-0.39, 0.29) is 18.0 Å². The summed E-state index contributed by atoms with van der Waals surface area (Å²) >= 11 is 2.26. The van der Waals surface area contributed by atoms with Crippen LogP contribution in [0.4, 0.5) is 0 Å². The number of rotatable bonds is 1. The first-order valence-corrected chi connectivity index (χ1v) is 5.53. The Bertz CT molecular complexity index is 147. The van der Waals surface area contributed by atoms with E-state index in [0.717, 1.165) is 23.7 Å². The van der Waals surface area contributed by atoms with Gasteiger partial charge in [-0.2, -0.15) is 0 Å². The standard InChI is InChI=1S/C8H13IO2/c1-6-3-2-4-7(5-9)11-8(6)10/h6-7H,2-5H2,1H3/t6-,7+/m0/s1. The van der Waals surface area contributed by atoms with E-state index in [2.05, 4.69) is 22.6 Å². The molecule has 1 rings (SSSR count). The molecule has 1 aliphatic rings. The third kappa shape index (κ3) is 2.61. The number of hydrogen-bond acceptors (Lipinski definition) is 2. The van der Waals surface area contributed by atoms with Crippen LogP contribution in [0.15, 0.2) is 0 Å². The fourth-order valence-electron chi connectivity index (χ4n) is 1.22. The number of cyclic esters (lactones) is 1. The number of carbonyl (C=O) groups is 1. The Morgan fingerprint density at radius 3 is 3.00 bits per heavy atom. The Morgan fingerprint density at radius 1 is 1.64 bits per heavy atom. The molecule has 1 fully saturated rings. The molecule has 0 radical (unpaired) electrons. The summed E-state index contributed by atoms with van der Waals surface area (Å²) in [7, 11) is 0. The van der Waals surface area contributed by atoms with Crippen molar-refractivity contribution in [2.45, 2.75) is 32.3 Å². The largest absolute Gasteiger partial charge is 0.461 e. The minimum atomic E-state index is -0.0100. The van der Waals surface area contributed by atoms with Crippen LogP contribution in [-0.4, -0.2) is 16.5 Å². The fourth-order valence-corrected chi connectivity index (χ4v) is 1.84. The van der Waals surface area contributed by atoms with Crippen molar-refractivity contribution in [3.63, 3.8) is 0 Å². The second kappa shape index (κ2) is 4.28. The van der Waals surface area contributed by atoms with Crippen LogP contribution < -0.4 is 0 Å². The molecule has 0 unspecified atom stereocenters. The SMILES string of the molecule is C[C@H]1CCC[C@H](CI)OC1=O. The smallest absolute Gasteiger partial charge is 0.308 e. The summed E-state index contributed by atoms with van der Waals surface area (Å²) in [4.78, 5) is 11.2. The molecular weight excluding hydrogens is 255 g/mol. The zero-order valence-corrected chi connectivity index (χ0v) is 8.84. The second-order valence-electron chi connectivity index (χ2n) is 3.05. The number of halogens is 1. The van der Waals surface area contributed by atoms with Gasteiger partial charge < -0.3 is 4.74 Å². The molecule has 0 aromatic heterocycles. The molecule has 0 aliphatic carbocycles. The van der Waals surface area contributed by atoms with Crippen LogP contribution >= 0.6 is 22.6 Å². The van der Waals surface area contributed by atoms with Crippen molar-refractivity contribution in [1.82, 2.24) is 0 Å². The zero-order valence-electron chi connectivity index (χ0n) is 6.68. The maximum absolute atomic E-state index is 11.2. The van der Waals surface area contributed by atoms with Gasteiger partial charge in [-0.15, -0.1) is 0 Å². The van der Waals surface area contributed by atoms with Crippen molar-refractivity contribution in [3.8, 4) is 0 Å². The number of hydrogen-bond donors (Lipinski definition) is 0. The lowest BCUT2D eigenvalue weighted by Gasteiger charge is -2.11. The molecule has 64 valence electrons. The highest BCUT2D eigenvalue weighted by atomic mass is 127. The van der Waals surface area contributed by atoms with E-state index in [1.165, 1.54) is 0 Å². The molecule has 2 nitrogen and oxygen atoms in total. The Kier molecular flexibility index (Phi) is 3.62. The van der Waals surface area contributed by atoms with Gasteiger partial charge in [-0.3, -0.25) is 4.79 Å². The van der Waals surface area contributed by atoms with Gasteiger partial charge in [0, 0.05) is 4.43 Å². The zero-order chi connectivity index (χ0) is 8.27. The number of esters is 1. The number of ether oxygens (including phenoxy) is 1. The normalized spacial score (nSPS) is 32.7. The first kappa shape index (κ1) is 9.29. The maximum Gasteiger partial charge on any atom is 0.308 e. The van der Waals surface area contributed by atoms with Crippen LogP contribution in [0.5, 0.6) is 0 Å². The molecule has 2 atom stereocenters. The Balaban J connectivity index is 2.48. The Labute approximate surface area is 80.8 Å². The van der Waals surface area contributed by atoms with Crippen molar-refractivity contribution in [3.05, 3.63) is 0 Å². The summed E-state index contributed by atoms with van der Waals surface area (Å²) in [5.41, 5.74) is 0. The van der Waals surface area contributed by atoms with Crippen LogP contribution in [0.25, 0.3) is 0 Å². The van der Waals surface area contributed by atoms with Crippen LogP contribution in [0.1, 0.15) is 26.2 Å². The van der Waals surface area contributed by atoms with E-state index < -0.39 is 0 Å². The summed E-state index contributed by atoms with van der Waals surface area (Å²) < 4.78 is 6.15. The van der Waals surface area contributed by atoms with Crippen LogP contribution in [0, 0.1) is 5.92 Å². The fraction of sp³-hybridized carbons (Fsp3) is 0.875. The molecule has 1 heterocycles. The molecule has 0 saturated carbocycles. The summed E-state index contributed by atoms with van der Waals surface area (Å²) in [6.45, 7) is 1.94. The van der Waals surface area contributed by atoms with Crippen molar-refractivity contribution in [2.75, 3.05) is 4.43 Å². The van der Waals surface area contributed by atoms with E-state index in [4.69, 9.17) is 4.74 Å². The molecule has 0 aromatic carbocycles. The van der Waals surface area contributed by atoms with Crippen LogP contribution in [0.2, 0.25) is 0 Å². The van der Waals surface area contributed by atoms with Gasteiger partial charge in [0.25, 0.3) is 0 Å². The van der Waals surface area contributed by atoms with Gasteiger partial charge in [0.15, 0.2) is 0 Å². The van der Waals surface area contributed by atoms with E-state index >= 15 is 0 Å². The number of alkyl halides is 1. The minimum Gasteiger partial charge on any atom is -0.461 e. The predicted octanol–water partition coefficient (Wildman–Crippen LogP) is 2.15. The molecule has 0 bridgehead atoms. The van der Waals surface area contributed by atoms with E-state index in [9.17, 15) is 4.79 Å². The lowest BCUT2D eigenvalue weighted by molar-refractivity contribution is -0.150. The molecule has 1 aliphatic heterocycles. The lowest BCUT2D eigenvalue weighted by Crippen LogP contribution is -2.19. The molecule has 0 aromatic rings. The Hall–Kier alpha value is 0.200. The molecule has 0 N–H and O–H groups in total. The minimum absolute atomic E-state index is 0.0100. The first-order valence-electron chi connectivity index (χ1n) is 4.00. The molecule has 11 heavy (non-hydrogen) atoms. The average molecular weight is 268 g/mol. The van der Waals surface area contributed by atoms with Crippen molar-refractivity contribution in [2.24, 2.45) is 5.92 Å². The molecule has 0 spiro atoms. The van der Waals surface area contributed by atoms with Crippen molar-refractivity contribution in [1.29, 1.82) is 0 Å². The summed E-state index contributed by atoms with van der Waals surface area (Å²) in [6, 6.07) is 0. The predicted molar refractivity (Wildman–Crippen MR) is 51.8 cm³/mol. The van der Waals surface area contributed by atoms with Gasteiger partial charge >= 0.3 is 5.97 Å². The highest BCUT2D eigenvalue weighted by molar-refractivity contribution is 14.1. The summed E-state index contributed by atoms with van der Waals surface area (Å²) in [5, 5.41) is 0. The number of carbonyl (C=O) groups excluding carboxylic acids is 1. The molecular formula is C8H13IO2. The van der Waals surface area contributed by atoms with Gasteiger partial charge in [0.2, 0.25) is 0 Å². The molecule has 0 amide bonds. The monoisotopic (exact) mass is 268 g/mol. The van der Waals surface area contributed by atoms with Gasteiger partial charge in [-0.1, -0.05) is 29.5 Å². The third-order valence-electron chi connectivity index (χ3n) is 2.02. The first-order chi connectivity index (χ1) is 5.24. The van der Waals surface area contributed by atoms with E-state index in [1.807, 2.05) is 6.92 Å². The summed E-state index contributed by atoms with van der Waals surface area (Å²) in [6.07, 6.45) is 3.33. The average Bonchev–Trinajstić information content (AvgIpc) is 2.15. The second-order valence-corrected chi connectivity index (χ2v) is 3.93. The summed E-state index contributed by atoms with van der Waals surface area (Å²) in [5.74, 6) is 0.104. The van der Waals surface area contributed by atoms with Crippen LogP contribution in [0.3, 0.4) is 0 Å². The van der Waals surface area contributed by atoms with E-state index in [0.29, 0.717) is 0 Å². The highest BCUT2D eigenvalue weighted by Gasteiger charge is 2.22. The van der Waals surface area contributed by atoms with Gasteiger partial charge in [0.05, 0.1) is 5.92 Å². The van der Waals surface area contributed by atoms with E-state index in [1.54, 1.807) is 0 Å². The maximum atomic E-state index is 11.2. The van der Waals surface area contributed by atoms with Gasteiger partial charge in [0.1, 0.15) is 6.10 Å². The lowest BCUT2D eigenvalue weighted by atomic mass is 10.1.